The predicted octanol–water partition coefficient (Wildman–Crippen LogP) is 0.315. The fourth-order valence-corrected chi connectivity index (χ4v) is 1.41. The second kappa shape index (κ2) is 2.32. The number of aromatic nitrogens is 2. The standard InChI is InChI=1S/C6H7ClN4/c7-5-3-1-9-2-4(3)10-6(8)11-5/h9H,1-2H2,(H2,8,10,11). The van der Waals surface area contributed by atoms with Crippen LogP contribution >= 0.6 is 11.6 Å². The summed E-state index contributed by atoms with van der Waals surface area (Å²) in [6.45, 7) is 1.48. The summed E-state index contributed by atoms with van der Waals surface area (Å²) in [6, 6.07) is 0. The quantitative estimate of drug-likeness (QED) is 0.551. The van der Waals surface area contributed by atoms with Crippen LogP contribution in [-0.4, -0.2) is 9.97 Å². The van der Waals surface area contributed by atoms with Crippen molar-refractivity contribution in [2.24, 2.45) is 0 Å². The maximum absolute atomic E-state index is 5.80. The highest BCUT2D eigenvalue weighted by atomic mass is 35.5. The van der Waals surface area contributed by atoms with E-state index < -0.39 is 0 Å². The average molecular weight is 171 g/mol. The first kappa shape index (κ1) is 6.82. The minimum absolute atomic E-state index is 0.248. The predicted molar refractivity (Wildman–Crippen MR) is 42.0 cm³/mol. The third-order valence-electron chi connectivity index (χ3n) is 1.65. The third kappa shape index (κ3) is 1.04. The summed E-state index contributed by atoms with van der Waals surface area (Å²) >= 11 is 5.80. The molecule has 0 unspecified atom stereocenters. The summed E-state index contributed by atoms with van der Waals surface area (Å²) in [4.78, 5) is 7.87. The van der Waals surface area contributed by atoms with Crippen LogP contribution in [0.1, 0.15) is 11.3 Å². The molecule has 1 aromatic heterocycles. The zero-order valence-electron chi connectivity index (χ0n) is 5.76. The van der Waals surface area contributed by atoms with E-state index in [2.05, 4.69) is 15.3 Å². The number of hydrogen-bond acceptors (Lipinski definition) is 4. The van der Waals surface area contributed by atoms with Crippen LogP contribution in [0.2, 0.25) is 5.15 Å². The number of rotatable bonds is 0. The Hall–Kier alpha value is -0.870. The minimum atomic E-state index is 0.248. The second-order valence-electron chi connectivity index (χ2n) is 2.40. The molecule has 2 heterocycles. The van der Waals surface area contributed by atoms with Gasteiger partial charge in [-0.05, 0) is 0 Å². The molecule has 1 aliphatic heterocycles. The third-order valence-corrected chi connectivity index (χ3v) is 1.97. The van der Waals surface area contributed by atoms with Crippen molar-refractivity contribution >= 4 is 17.5 Å². The molecule has 4 nitrogen and oxygen atoms in total. The minimum Gasteiger partial charge on any atom is -0.368 e. The Morgan fingerprint density at radius 2 is 2.18 bits per heavy atom. The van der Waals surface area contributed by atoms with E-state index in [4.69, 9.17) is 17.3 Å². The Labute approximate surface area is 68.8 Å². The van der Waals surface area contributed by atoms with E-state index in [0.717, 1.165) is 24.3 Å². The van der Waals surface area contributed by atoms with Gasteiger partial charge in [0.15, 0.2) is 0 Å². The van der Waals surface area contributed by atoms with Gasteiger partial charge in [0.25, 0.3) is 0 Å². The first-order valence-electron chi connectivity index (χ1n) is 3.29. The summed E-state index contributed by atoms with van der Waals surface area (Å²) in [7, 11) is 0. The molecule has 0 saturated carbocycles. The smallest absolute Gasteiger partial charge is 0.221 e. The number of nitrogens with two attached hydrogens (primary N) is 1. The molecule has 58 valence electrons. The Kier molecular flexibility index (Phi) is 1.44. The van der Waals surface area contributed by atoms with Gasteiger partial charge in [0.05, 0.1) is 5.69 Å². The van der Waals surface area contributed by atoms with Crippen LogP contribution < -0.4 is 11.1 Å². The average Bonchev–Trinajstić information content (AvgIpc) is 2.34. The number of nitrogens with one attached hydrogen (secondary N) is 1. The lowest BCUT2D eigenvalue weighted by Gasteiger charge is -1.99. The molecule has 0 saturated heterocycles. The van der Waals surface area contributed by atoms with Gasteiger partial charge in [0.1, 0.15) is 5.15 Å². The summed E-state index contributed by atoms with van der Waals surface area (Å²) in [5, 5.41) is 3.58. The first-order valence-corrected chi connectivity index (χ1v) is 3.66. The summed E-state index contributed by atoms with van der Waals surface area (Å²) in [5.74, 6) is 0.248. The number of nitrogens with zero attached hydrogens (tertiary/aromatic N) is 2. The number of halogens is 1. The monoisotopic (exact) mass is 170 g/mol. The molecule has 2 rings (SSSR count). The molecule has 3 N–H and O–H groups in total. The molecule has 11 heavy (non-hydrogen) atoms. The zero-order chi connectivity index (χ0) is 7.84. The van der Waals surface area contributed by atoms with Gasteiger partial charge in [0, 0.05) is 18.7 Å². The van der Waals surface area contributed by atoms with Crippen molar-refractivity contribution in [3.8, 4) is 0 Å². The maximum Gasteiger partial charge on any atom is 0.221 e. The Bertz CT molecular complexity index is 299. The second-order valence-corrected chi connectivity index (χ2v) is 2.76. The molecule has 0 atom stereocenters. The van der Waals surface area contributed by atoms with E-state index in [1.54, 1.807) is 0 Å². The van der Waals surface area contributed by atoms with E-state index in [1.807, 2.05) is 0 Å². The molecular formula is C6H7ClN4. The number of hydrogen-bond donors (Lipinski definition) is 2. The lowest BCUT2D eigenvalue weighted by atomic mass is 10.3. The Balaban J connectivity index is 2.60. The lowest BCUT2D eigenvalue weighted by Crippen LogP contribution is -2.01. The van der Waals surface area contributed by atoms with Crippen LogP contribution in [0.4, 0.5) is 5.95 Å². The summed E-state index contributed by atoms with van der Waals surface area (Å²) in [6.07, 6.45) is 0. The zero-order valence-corrected chi connectivity index (χ0v) is 6.52. The number of fused-ring (bicyclic) bond motifs is 1. The fourth-order valence-electron chi connectivity index (χ4n) is 1.14. The van der Waals surface area contributed by atoms with E-state index in [9.17, 15) is 0 Å². The van der Waals surface area contributed by atoms with Crippen molar-refractivity contribution in [2.75, 3.05) is 5.73 Å². The van der Waals surface area contributed by atoms with Crippen molar-refractivity contribution in [1.82, 2.24) is 15.3 Å². The van der Waals surface area contributed by atoms with Gasteiger partial charge in [-0.15, -0.1) is 0 Å². The molecule has 5 heteroatoms. The van der Waals surface area contributed by atoms with Crippen LogP contribution in [0.15, 0.2) is 0 Å². The number of anilines is 1. The molecule has 0 spiro atoms. The molecule has 0 aliphatic carbocycles. The molecule has 0 radical (unpaired) electrons. The van der Waals surface area contributed by atoms with Gasteiger partial charge < -0.3 is 11.1 Å². The first-order chi connectivity index (χ1) is 5.27. The van der Waals surface area contributed by atoms with Gasteiger partial charge in [-0.3, -0.25) is 0 Å². The molecule has 0 amide bonds. The van der Waals surface area contributed by atoms with Crippen LogP contribution in [0.25, 0.3) is 0 Å². The van der Waals surface area contributed by atoms with Gasteiger partial charge in [0.2, 0.25) is 5.95 Å². The summed E-state index contributed by atoms with van der Waals surface area (Å²) in [5.41, 5.74) is 7.29. The van der Waals surface area contributed by atoms with E-state index >= 15 is 0 Å². The van der Waals surface area contributed by atoms with Crippen LogP contribution in [0, 0.1) is 0 Å². The van der Waals surface area contributed by atoms with Crippen molar-refractivity contribution in [3.05, 3.63) is 16.4 Å². The Morgan fingerprint density at radius 3 is 3.00 bits per heavy atom. The molecule has 1 aliphatic rings. The van der Waals surface area contributed by atoms with Crippen molar-refractivity contribution in [1.29, 1.82) is 0 Å². The van der Waals surface area contributed by atoms with Crippen LogP contribution in [0.5, 0.6) is 0 Å². The van der Waals surface area contributed by atoms with Gasteiger partial charge >= 0.3 is 0 Å². The van der Waals surface area contributed by atoms with Gasteiger partial charge in [-0.1, -0.05) is 11.6 Å². The van der Waals surface area contributed by atoms with Crippen molar-refractivity contribution in [2.45, 2.75) is 13.1 Å². The maximum atomic E-state index is 5.80. The van der Waals surface area contributed by atoms with Crippen molar-refractivity contribution < 1.29 is 0 Å². The molecular weight excluding hydrogens is 164 g/mol. The summed E-state index contributed by atoms with van der Waals surface area (Å²) < 4.78 is 0. The largest absolute Gasteiger partial charge is 0.368 e. The fraction of sp³-hybridized carbons (Fsp3) is 0.333. The SMILES string of the molecule is Nc1nc(Cl)c2c(n1)CNC2. The topological polar surface area (TPSA) is 63.8 Å². The van der Waals surface area contributed by atoms with Crippen molar-refractivity contribution in [3.63, 3.8) is 0 Å². The number of nitrogen functional groups attached to an aromatic ring is 1. The highest BCUT2D eigenvalue weighted by Gasteiger charge is 2.16. The lowest BCUT2D eigenvalue weighted by molar-refractivity contribution is 0.758. The molecule has 1 aromatic rings. The van der Waals surface area contributed by atoms with Gasteiger partial charge in [-0.2, -0.15) is 0 Å². The normalized spacial score (nSPS) is 15.0. The molecule has 0 aromatic carbocycles. The molecule has 0 fully saturated rings. The molecule has 0 bridgehead atoms. The van der Waals surface area contributed by atoms with E-state index in [-0.39, 0.29) is 5.95 Å². The highest BCUT2D eigenvalue weighted by molar-refractivity contribution is 6.30. The van der Waals surface area contributed by atoms with E-state index in [1.165, 1.54) is 0 Å². The Morgan fingerprint density at radius 1 is 1.36 bits per heavy atom. The highest BCUT2D eigenvalue weighted by Crippen LogP contribution is 2.21. The van der Waals surface area contributed by atoms with Crippen LogP contribution in [-0.2, 0) is 13.1 Å². The van der Waals surface area contributed by atoms with E-state index in [0.29, 0.717) is 5.15 Å². The van der Waals surface area contributed by atoms with Crippen LogP contribution in [0.3, 0.4) is 0 Å². The van der Waals surface area contributed by atoms with Gasteiger partial charge in [-0.25, -0.2) is 9.97 Å².